The van der Waals surface area contributed by atoms with E-state index in [0.717, 1.165) is 12.1 Å². The van der Waals surface area contributed by atoms with Crippen molar-refractivity contribution < 1.29 is 39.6 Å². The number of alkyl halides is 6. The highest BCUT2D eigenvalue weighted by atomic mass is 32.2. The number of carbonyl (C=O) groups excluding carboxylic acids is 1. The molecular formula is C22H22F6N4O3S. The number of nitrogens with zero attached hydrogens (tertiary/aromatic N) is 4. The summed E-state index contributed by atoms with van der Waals surface area (Å²) in [5, 5.41) is 0. The normalized spacial score (nSPS) is 21.4. The molecule has 1 unspecified atom stereocenters. The molecule has 7 nitrogen and oxygen atoms in total. The van der Waals surface area contributed by atoms with E-state index in [4.69, 9.17) is 0 Å². The number of carbonyl (C=O) groups is 1. The SMILES string of the molecule is O=C(C1CCS(=O)(=O)CC1)N1CCN(c2ncc(C(F)(F)F)cn2)CC1c1cccc(C(F)(F)F)c1. The summed E-state index contributed by atoms with van der Waals surface area (Å²) in [4.78, 5) is 23.9. The molecule has 3 heterocycles. The van der Waals surface area contributed by atoms with Crippen LogP contribution in [-0.4, -0.2) is 60.3 Å². The molecule has 0 radical (unpaired) electrons. The second-order valence-corrected chi connectivity index (χ2v) is 11.1. The average molecular weight is 536 g/mol. The van der Waals surface area contributed by atoms with Gasteiger partial charge in [-0.3, -0.25) is 4.79 Å². The Hall–Kier alpha value is -2.90. The molecule has 14 heteroatoms. The molecule has 0 aliphatic carbocycles. The summed E-state index contributed by atoms with van der Waals surface area (Å²) in [6, 6.07) is 3.64. The number of benzene rings is 1. The van der Waals surface area contributed by atoms with E-state index in [-0.39, 0.29) is 61.4 Å². The number of rotatable bonds is 3. The van der Waals surface area contributed by atoms with Gasteiger partial charge in [-0.2, -0.15) is 26.3 Å². The maximum atomic E-state index is 13.4. The summed E-state index contributed by atoms with van der Waals surface area (Å²) >= 11 is 0. The van der Waals surface area contributed by atoms with Gasteiger partial charge in [-0.25, -0.2) is 18.4 Å². The third-order valence-electron chi connectivity index (χ3n) is 6.41. The van der Waals surface area contributed by atoms with Crippen LogP contribution >= 0.6 is 0 Å². The topological polar surface area (TPSA) is 83.5 Å². The van der Waals surface area contributed by atoms with Gasteiger partial charge in [0.1, 0.15) is 9.84 Å². The Bertz CT molecular complexity index is 1200. The van der Waals surface area contributed by atoms with Gasteiger partial charge in [0.15, 0.2) is 0 Å². The van der Waals surface area contributed by atoms with Crippen molar-refractivity contribution in [1.29, 1.82) is 0 Å². The van der Waals surface area contributed by atoms with E-state index in [0.29, 0.717) is 12.4 Å². The van der Waals surface area contributed by atoms with Crippen LogP contribution in [0.25, 0.3) is 0 Å². The summed E-state index contributed by atoms with van der Waals surface area (Å²) < 4.78 is 102. The van der Waals surface area contributed by atoms with E-state index in [9.17, 15) is 39.6 Å². The Morgan fingerprint density at radius 3 is 2.11 bits per heavy atom. The van der Waals surface area contributed by atoms with Crippen LogP contribution in [0.1, 0.15) is 35.6 Å². The number of halogens is 6. The fourth-order valence-electron chi connectivity index (χ4n) is 4.44. The first kappa shape index (κ1) is 26.2. The molecular weight excluding hydrogens is 514 g/mol. The standard InChI is InChI=1S/C22H22F6N4O3S/c23-21(24,25)16-3-1-2-15(10-16)18-13-31(20-29-11-17(12-30-20)22(26,27)28)6-7-32(18)19(33)14-4-8-36(34,35)9-5-14/h1-3,10-12,14,18H,4-9,13H2. The molecule has 0 N–H and O–H groups in total. The van der Waals surface area contributed by atoms with Crippen molar-refractivity contribution >= 4 is 21.7 Å². The Labute approximate surface area is 203 Å². The summed E-state index contributed by atoms with van der Waals surface area (Å²) in [6.45, 7) is 0.133. The summed E-state index contributed by atoms with van der Waals surface area (Å²) in [7, 11) is -3.23. The van der Waals surface area contributed by atoms with E-state index in [2.05, 4.69) is 9.97 Å². The van der Waals surface area contributed by atoms with Crippen molar-refractivity contribution in [2.24, 2.45) is 5.92 Å². The van der Waals surface area contributed by atoms with Gasteiger partial charge in [0, 0.05) is 37.9 Å². The third kappa shape index (κ3) is 5.73. The second-order valence-electron chi connectivity index (χ2n) is 8.81. The van der Waals surface area contributed by atoms with E-state index >= 15 is 0 Å². The van der Waals surface area contributed by atoms with Crippen LogP contribution < -0.4 is 4.90 Å². The molecule has 2 fully saturated rings. The van der Waals surface area contributed by atoms with Gasteiger partial charge in [-0.05, 0) is 30.5 Å². The molecule has 0 bridgehead atoms. The molecule has 1 aromatic heterocycles. The summed E-state index contributed by atoms with van der Waals surface area (Å²) in [5.41, 5.74) is -1.75. The van der Waals surface area contributed by atoms with Crippen molar-refractivity contribution in [2.75, 3.05) is 36.0 Å². The molecule has 1 atom stereocenters. The monoisotopic (exact) mass is 536 g/mol. The minimum Gasteiger partial charge on any atom is -0.337 e. The molecule has 196 valence electrons. The smallest absolute Gasteiger partial charge is 0.337 e. The third-order valence-corrected chi connectivity index (χ3v) is 8.13. The van der Waals surface area contributed by atoms with E-state index < -0.39 is 45.3 Å². The molecule has 2 aliphatic heterocycles. The van der Waals surface area contributed by atoms with Gasteiger partial charge in [0.25, 0.3) is 0 Å². The Morgan fingerprint density at radius 1 is 0.917 bits per heavy atom. The molecule has 4 rings (SSSR count). The lowest BCUT2D eigenvalue weighted by Crippen LogP contribution is -2.53. The maximum Gasteiger partial charge on any atom is 0.419 e. The summed E-state index contributed by atoms with van der Waals surface area (Å²) in [5.74, 6) is -1.28. The number of piperazine rings is 1. The van der Waals surface area contributed by atoms with E-state index in [1.807, 2.05) is 0 Å². The first-order valence-corrected chi connectivity index (χ1v) is 12.9. The van der Waals surface area contributed by atoms with E-state index in [1.165, 1.54) is 21.9 Å². The first-order valence-electron chi connectivity index (χ1n) is 11.1. The van der Waals surface area contributed by atoms with Crippen molar-refractivity contribution in [2.45, 2.75) is 31.2 Å². The van der Waals surface area contributed by atoms with Crippen molar-refractivity contribution in [3.63, 3.8) is 0 Å². The fraction of sp³-hybridized carbons (Fsp3) is 0.500. The molecule has 2 saturated heterocycles. The number of hydrogen-bond acceptors (Lipinski definition) is 6. The highest BCUT2D eigenvalue weighted by Crippen LogP contribution is 2.35. The fourth-order valence-corrected chi connectivity index (χ4v) is 5.93. The molecule has 2 aliphatic rings. The minimum absolute atomic E-state index is 0.0455. The van der Waals surface area contributed by atoms with Crippen LogP contribution in [0, 0.1) is 5.92 Å². The lowest BCUT2D eigenvalue weighted by Gasteiger charge is -2.43. The van der Waals surface area contributed by atoms with Crippen molar-refractivity contribution in [3.8, 4) is 0 Å². The van der Waals surface area contributed by atoms with Crippen LogP contribution in [0.2, 0.25) is 0 Å². The lowest BCUT2D eigenvalue weighted by atomic mass is 9.95. The minimum atomic E-state index is -4.63. The average Bonchev–Trinajstić information content (AvgIpc) is 2.82. The number of sulfone groups is 1. The van der Waals surface area contributed by atoms with Crippen LogP contribution in [0.15, 0.2) is 36.7 Å². The number of amides is 1. The molecule has 1 aromatic carbocycles. The Balaban J connectivity index is 1.63. The predicted octanol–water partition coefficient (Wildman–Crippen LogP) is 3.73. The number of anilines is 1. The van der Waals surface area contributed by atoms with Crippen molar-refractivity contribution in [1.82, 2.24) is 14.9 Å². The van der Waals surface area contributed by atoms with Crippen molar-refractivity contribution in [3.05, 3.63) is 53.3 Å². The molecule has 36 heavy (non-hydrogen) atoms. The maximum absolute atomic E-state index is 13.4. The van der Waals surface area contributed by atoms with Gasteiger partial charge < -0.3 is 9.80 Å². The first-order chi connectivity index (χ1) is 16.7. The van der Waals surface area contributed by atoms with Gasteiger partial charge >= 0.3 is 12.4 Å². The molecule has 0 saturated carbocycles. The van der Waals surface area contributed by atoms with Gasteiger partial charge in [-0.1, -0.05) is 12.1 Å². The highest BCUT2D eigenvalue weighted by molar-refractivity contribution is 7.91. The van der Waals surface area contributed by atoms with Gasteiger partial charge in [-0.15, -0.1) is 0 Å². The van der Waals surface area contributed by atoms with E-state index in [1.54, 1.807) is 0 Å². The highest BCUT2D eigenvalue weighted by Gasteiger charge is 2.39. The zero-order valence-electron chi connectivity index (χ0n) is 18.8. The van der Waals surface area contributed by atoms with Crippen LogP contribution in [0.4, 0.5) is 32.3 Å². The molecule has 0 spiro atoms. The van der Waals surface area contributed by atoms with Crippen LogP contribution in [-0.2, 0) is 27.0 Å². The number of aromatic nitrogens is 2. The molecule has 2 aromatic rings. The Morgan fingerprint density at radius 2 is 1.53 bits per heavy atom. The van der Waals surface area contributed by atoms with Gasteiger partial charge in [0.05, 0.1) is 28.7 Å². The second kappa shape index (κ2) is 9.52. The van der Waals surface area contributed by atoms with Gasteiger partial charge in [0.2, 0.25) is 11.9 Å². The molecule has 1 amide bonds. The van der Waals surface area contributed by atoms with Crippen LogP contribution in [0.5, 0.6) is 0 Å². The zero-order chi connectivity index (χ0) is 26.3. The lowest BCUT2D eigenvalue weighted by molar-refractivity contribution is -0.139. The Kier molecular flexibility index (Phi) is 6.92. The zero-order valence-corrected chi connectivity index (χ0v) is 19.6. The number of hydrogen-bond donors (Lipinski definition) is 0. The van der Waals surface area contributed by atoms with Crippen LogP contribution in [0.3, 0.4) is 0 Å². The summed E-state index contributed by atoms with van der Waals surface area (Å²) in [6.07, 6.45) is -7.74. The predicted molar refractivity (Wildman–Crippen MR) is 117 cm³/mol. The quantitative estimate of drug-likeness (QED) is 0.556. The largest absolute Gasteiger partial charge is 0.419 e.